The van der Waals surface area contributed by atoms with E-state index in [1.807, 2.05) is 18.4 Å². The summed E-state index contributed by atoms with van der Waals surface area (Å²) in [4.78, 5) is 12.6. The van der Waals surface area contributed by atoms with Crippen LogP contribution in [0.4, 0.5) is 0 Å². The molecule has 100 valence electrons. The van der Waals surface area contributed by atoms with Crippen molar-refractivity contribution >= 4 is 39.2 Å². The molecule has 0 aliphatic carbocycles. The van der Waals surface area contributed by atoms with Crippen molar-refractivity contribution in [1.29, 1.82) is 0 Å². The van der Waals surface area contributed by atoms with Gasteiger partial charge in [-0.1, -0.05) is 6.92 Å². The number of carbonyl (C=O) groups is 1. The van der Waals surface area contributed by atoms with E-state index in [1.54, 1.807) is 24.3 Å². The number of carbonyl (C=O) groups excluding carboxylic acids is 1. The van der Waals surface area contributed by atoms with Gasteiger partial charge < -0.3 is 10.4 Å². The number of hydrogen-bond acceptors (Lipinski definition) is 3. The fourth-order valence-electron chi connectivity index (χ4n) is 1.57. The molecule has 0 saturated heterocycles. The lowest BCUT2D eigenvalue weighted by Gasteiger charge is -2.13. The molecule has 1 rings (SSSR count). The van der Waals surface area contributed by atoms with E-state index < -0.39 is 0 Å². The van der Waals surface area contributed by atoms with E-state index in [1.165, 1.54) is 6.08 Å². The first-order chi connectivity index (χ1) is 8.47. The maximum Gasteiger partial charge on any atom is 0.244 e. The van der Waals surface area contributed by atoms with Crippen molar-refractivity contribution in [3.05, 3.63) is 26.9 Å². The quantitative estimate of drug-likeness (QED) is 0.787. The van der Waals surface area contributed by atoms with Gasteiger partial charge in [0, 0.05) is 27.4 Å². The zero-order chi connectivity index (χ0) is 13.5. The minimum atomic E-state index is -0.323. The fraction of sp³-hybridized carbons (Fsp3) is 0.462. The molecule has 0 aliphatic rings. The van der Waals surface area contributed by atoms with E-state index in [2.05, 4.69) is 21.2 Å². The van der Waals surface area contributed by atoms with Crippen LogP contribution < -0.4 is 5.32 Å². The van der Waals surface area contributed by atoms with Crippen molar-refractivity contribution in [2.75, 3.05) is 6.54 Å². The molecule has 5 heteroatoms. The Hall–Kier alpha value is -0.650. The molecule has 0 spiro atoms. The molecule has 1 aromatic rings. The lowest BCUT2D eigenvalue weighted by molar-refractivity contribution is -0.116. The van der Waals surface area contributed by atoms with Gasteiger partial charge in [-0.25, -0.2) is 0 Å². The van der Waals surface area contributed by atoms with E-state index in [9.17, 15) is 9.90 Å². The van der Waals surface area contributed by atoms with Gasteiger partial charge in [-0.15, -0.1) is 11.3 Å². The van der Waals surface area contributed by atoms with E-state index in [0.29, 0.717) is 13.0 Å². The number of amides is 1. The lowest BCUT2D eigenvalue weighted by atomic mass is 10.0. The SMILES string of the molecule is CC(O)CC(C)CNC(=O)/C=C/c1cc(Br)cs1. The van der Waals surface area contributed by atoms with Crippen molar-refractivity contribution < 1.29 is 9.90 Å². The smallest absolute Gasteiger partial charge is 0.244 e. The zero-order valence-corrected chi connectivity index (χ0v) is 12.9. The molecule has 18 heavy (non-hydrogen) atoms. The topological polar surface area (TPSA) is 49.3 Å². The standard InChI is InChI=1S/C13H18BrNO2S/c1-9(5-10(2)16)7-15-13(17)4-3-12-6-11(14)8-18-12/h3-4,6,8-10,16H,5,7H2,1-2H3,(H,15,17)/b4-3+. The summed E-state index contributed by atoms with van der Waals surface area (Å²) in [6, 6.07) is 1.96. The second kappa shape index (κ2) is 7.71. The molecule has 2 atom stereocenters. The van der Waals surface area contributed by atoms with Crippen molar-refractivity contribution in [3.8, 4) is 0 Å². The Morgan fingerprint density at radius 1 is 1.61 bits per heavy atom. The van der Waals surface area contributed by atoms with Gasteiger partial charge in [-0.2, -0.15) is 0 Å². The summed E-state index contributed by atoms with van der Waals surface area (Å²) in [7, 11) is 0. The number of thiophene rings is 1. The molecule has 1 amide bonds. The van der Waals surface area contributed by atoms with Gasteiger partial charge in [0.1, 0.15) is 0 Å². The normalized spacial score (nSPS) is 14.7. The summed E-state index contributed by atoms with van der Waals surface area (Å²) in [6.45, 7) is 4.35. The van der Waals surface area contributed by atoms with Gasteiger partial charge in [0.15, 0.2) is 0 Å². The molecular weight excluding hydrogens is 314 g/mol. The second-order valence-corrected chi connectivity index (χ2v) is 6.29. The Morgan fingerprint density at radius 2 is 2.33 bits per heavy atom. The highest BCUT2D eigenvalue weighted by atomic mass is 79.9. The molecule has 0 aliphatic heterocycles. The zero-order valence-electron chi connectivity index (χ0n) is 10.5. The van der Waals surface area contributed by atoms with E-state index in [4.69, 9.17) is 0 Å². The van der Waals surface area contributed by atoms with Crippen molar-refractivity contribution in [3.63, 3.8) is 0 Å². The van der Waals surface area contributed by atoms with Crippen LogP contribution in [0.3, 0.4) is 0 Å². The lowest BCUT2D eigenvalue weighted by Crippen LogP contribution is -2.27. The Bertz CT molecular complexity index is 415. The maximum atomic E-state index is 11.5. The van der Waals surface area contributed by atoms with Gasteiger partial charge in [-0.3, -0.25) is 4.79 Å². The molecule has 0 aromatic carbocycles. The van der Waals surface area contributed by atoms with E-state index >= 15 is 0 Å². The average Bonchev–Trinajstić information content (AvgIpc) is 2.69. The number of aliphatic hydroxyl groups is 1. The molecule has 1 heterocycles. The number of rotatable bonds is 6. The Balaban J connectivity index is 2.31. The Labute approximate surface area is 120 Å². The third-order valence-corrected chi connectivity index (χ3v) is 4.01. The van der Waals surface area contributed by atoms with Crippen molar-refractivity contribution in [2.24, 2.45) is 5.92 Å². The number of nitrogens with one attached hydrogen (secondary N) is 1. The predicted octanol–water partition coefficient (Wildman–Crippen LogP) is 3.05. The Kier molecular flexibility index (Phi) is 6.60. The largest absolute Gasteiger partial charge is 0.393 e. The highest BCUT2D eigenvalue weighted by Gasteiger charge is 2.06. The summed E-state index contributed by atoms with van der Waals surface area (Å²) in [5, 5.41) is 14.0. The predicted molar refractivity (Wildman–Crippen MR) is 79.5 cm³/mol. The van der Waals surface area contributed by atoms with E-state index in [-0.39, 0.29) is 17.9 Å². The third-order valence-electron chi connectivity index (χ3n) is 2.35. The van der Waals surface area contributed by atoms with Crippen LogP contribution in [0.25, 0.3) is 6.08 Å². The number of aliphatic hydroxyl groups excluding tert-OH is 1. The first-order valence-electron chi connectivity index (χ1n) is 5.85. The van der Waals surface area contributed by atoms with Crippen LogP contribution in [-0.4, -0.2) is 23.7 Å². The van der Waals surface area contributed by atoms with E-state index in [0.717, 1.165) is 9.35 Å². The first kappa shape index (κ1) is 15.4. The third kappa shape index (κ3) is 6.33. The fourth-order valence-corrected chi connectivity index (χ4v) is 2.91. The summed E-state index contributed by atoms with van der Waals surface area (Å²) < 4.78 is 1.03. The van der Waals surface area contributed by atoms with Gasteiger partial charge in [0.25, 0.3) is 0 Å². The van der Waals surface area contributed by atoms with Crippen LogP contribution >= 0.6 is 27.3 Å². The molecular formula is C13H18BrNO2S. The molecule has 0 saturated carbocycles. The molecule has 2 N–H and O–H groups in total. The van der Waals surface area contributed by atoms with Crippen molar-refractivity contribution in [1.82, 2.24) is 5.32 Å². The highest BCUT2D eigenvalue weighted by Crippen LogP contribution is 2.20. The summed E-state index contributed by atoms with van der Waals surface area (Å²) in [6.07, 6.45) is 3.70. The molecule has 2 unspecified atom stereocenters. The molecule has 0 fully saturated rings. The first-order valence-corrected chi connectivity index (χ1v) is 7.52. The van der Waals surface area contributed by atoms with Crippen LogP contribution in [0, 0.1) is 5.92 Å². The van der Waals surface area contributed by atoms with Gasteiger partial charge in [0.05, 0.1) is 6.10 Å². The van der Waals surface area contributed by atoms with Crippen LogP contribution in [0.2, 0.25) is 0 Å². The van der Waals surface area contributed by atoms with Gasteiger partial charge in [0.2, 0.25) is 5.91 Å². The van der Waals surface area contributed by atoms with Crippen molar-refractivity contribution in [2.45, 2.75) is 26.4 Å². The van der Waals surface area contributed by atoms with Crippen LogP contribution in [0.15, 0.2) is 22.0 Å². The van der Waals surface area contributed by atoms with Crippen LogP contribution in [0.1, 0.15) is 25.1 Å². The maximum absolute atomic E-state index is 11.5. The highest BCUT2D eigenvalue weighted by molar-refractivity contribution is 9.10. The monoisotopic (exact) mass is 331 g/mol. The second-order valence-electron chi connectivity index (χ2n) is 4.44. The Morgan fingerprint density at radius 3 is 2.89 bits per heavy atom. The molecule has 1 aromatic heterocycles. The minimum absolute atomic E-state index is 0.100. The van der Waals surface area contributed by atoms with Crippen LogP contribution in [0.5, 0.6) is 0 Å². The van der Waals surface area contributed by atoms with Crippen LogP contribution in [-0.2, 0) is 4.79 Å². The molecule has 0 bridgehead atoms. The molecule has 3 nitrogen and oxygen atoms in total. The number of halogens is 1. The van der Waals surface area contributed by atoms with Gasteiger partial charge >= 0.3 is 0 Å². The minimum Gasteiger partial charge on any atom is -0.393 e. The summed E-state index contributed by atoms with van der Waals surface area (Å²) >= 11 is 4.94. The average molecular weight is 332 g/mol. The number of hydrogen-bond donors (Lipinski definition) is 2. The molecule has 0 radical (unpaired) electrons. The summed E-state index contributed by atoms with van der Waals surface area (Å²) in [5.74, 6) is 0.176. The van der Waals surface area contributed by atoms with Gasteiger partial charge in [-0.05, 0) is 47.3 Å². The summed E-state index contributed by atoms with van der Waals surface area (Å²) in [5.41, 5.74) is 0.